The molecule has 0 spiro atoms. The normalized spacial score (nSPS) is 27.6. The summed E-state index contributed by atoms with van der Waals surface area (Å²) in [5, 5.41) is 48.2. The highest BCUT2D eigenvalue weighted by Crippen LogP contribution is 2.54. The van der Waals surface area contributed by atoms with Gasteiger partial charge in [-0.3, -0.25) is 14.4 Å². The molecule has 2 fully saturated rings. The molecule has 0 aliphatic heterocycles. The molecule has 38 heavy (non-hydrogen) atoms. The van der Waals surface area contributed by atoms with E-state index in [4.69, 9.17) is 5.73 Å². The first-order chi connectivity index (χ1) is 18.0. The predicted molar refractivity (Wildman–Crippen MR) is 141 cm³/mol. The molecule has 0 heterocycles. The summed E-state index contributed by atoms with van der Waals surface area (Å²) in [5.41, 5.74) is 3.72. The van der Waals surface area contributed by atoms with Crippen LogP contribution < -0.4 is 16.0 Å². The first kappa shape index (κ1) is 26.1. The summed E-state index contributed by atoms with van der Waals surface area (Å²) in [7, 11) is 3.71. The molecular formula is C28H35N3O7. The van der Waals surface area contributed by atoms with Crippen molar-refractivity contribution in [1.29, 1.82) is 0 Å². The molecule has 0 radical (unpaired) electrons. The molecule has 2 saturated carbocycles. The number of hydrogen-bond donors (Lipinski definition) is 6. The quantitative estimate of drug-likeness (QED) is 0.249. The highest BCUT2D eigenvalue weighted by molar-refractivity contribution is 6.22. The van der Waals surface area contributed by atoms with E-state index in [0.29, 0.717) is 23.7 Å². The lowest BCUT2D eigenvalue weighted by Gasteiger charge is -2.46. The largest absolute Gasteiger partial charge is 0.508 e. The number of nitrogens with one attached hydrogen (secondary N) is 1. The van der Waals surface area contributed by atoms with Gasteiger partial charge in [-0.2, -0.15) is 0 Å². The Balaban J connectivity index is 1.61. The van der Waals surface area contributed by atoms with E-state index in [1.54, 1.807) is 0 Å². The van der Waals surface area contributed by atoms with Crippen molar-refractivity contribution in [2.45, 2.75) is 57.0 Å². The third-order valence-corrected chi connectivity index (χ3v) is 8.83. The standard InChI is InChI=1S/C28H35N3O7/c1-31(2)18-11-17(30-12-13-6-4-3-5-7-13)23(33)21-16(18)9-14-8-15-10-19(32)22(27(29)37)26(36)28(15,38)25(35)20(14)24(21)34/h11,13-15,30,33-34,36,38H,3-10,12H2,1-2H3,(H2,29,37)/t14-,15+,28+/m1/s1. The molecule has 1 aromatic rings. The summed E-state index contributed by atoms with van der Waals surface area (Å²) in [5.74, 6) is -5.75. The van der Waals surface area contributed by atoms with Crippen molar-refractivity contribution in [3.63, 3.8) is 0 Å². The average molecular weight is 526 g/mol. The van der Waals surface area contributed by atoms with Crippen LogP contribution in [0.2, 0.25) is 0 Å². The molecule has 4 aliphatic rings. The SMILES string of the molecule is CN(C)c1cc(NCC2CCCCC2)c(O)c2c1C[C@H]1C[C@H]3CC(=O)C(C(N)=O)=C(O)[C@@]3(O)C(=O)C1=C2O. The lowest BCUT2D eigenvalue weighted by Crippen LogP contribution is -2.58. The second kappa shape index (κ2) is 9.34. The molecule has 204 valence electrons. The van der Waals surface area contributed by atoms with E-state index >= 15 is 0 Å². The van der Waals surface area contributed by atoms with Gasteiger partial charge in [-0.05, 0) is 49.1 Å². The summed E-state index contributed by atoms with van der Waals surface area (Å²) in [6, 6.07) is 1.84. The Morgan fingerprint density at radius 2 is 1.82 bits per heavy atom. The minimum absolute atomic E-state index is 0.106. The maximum atomic E-state index is 13.7. The summed E-state index contributed by atoms with van der Waals surface area (Å²) < 4.78 is 0. The van der Waals surface area contributed by atoms with Gasteiger partial charge in [0.2, 0.25) is 5.78 Å². The minimum Gasteiger partial charge on any atom is -0.508 e. The van der Waals surface area contributed by atoms with Gasteiger partial charge in [0.25, 0.3) is 5.91 Å². The number of Topliss-reactive ketones (excluding diaryl/α,β-unsaturated/α-hetero) is 2. The number of aromatic hydroxyl groups is 1. The van der Waals surface area contributed by atoms with Crippen molar-refractivity contribution >= 4 is 34.6 Å². The smallest absolute Gasteiger partial charge is 0.255 e. The van der Waals surface area contributed by atoms with E-state index in [1.807, 2.05) is 25.1 Å². The van der Waals surface area contributed by atoms with E-state index in [0.717, 1.165) is 18.5 Å². The van der Waals surface area contributed by atoms with Crippen LogP contribution in [0.3, 0.4) is 0 Å². The molecule has 0 aromatic heterocycles. The minimum atomic E-state index is -2.56. The summed E-state index contributed by atoms with van der Waals surface area (Å²) in [6.45, 7) is 0.669. The molecule has 0 bridgehead atoms. The van der Waals surface area contributed by atoms with Gasteiger partial charge >= 0.3 is 0 Å². The number of benzene rings is 1. The van der Waals surface area contributed by atoms with Crippen LogP contribution in [0.25, 0.3) is 5.76 Å². The third-order valence-electron chi connectivity index (χ3n) is 8.83. The Morgan fingerprint density at radius 1 is 1.13 bits per heavy atom. The lowest BCUT2D eigenvalue weighted by atomic mass is 9.59. The Bertz CT molecular complexity index is 1290. The number of hydrogen-bond acceptors (Lipinski definition) is 9. The number of ketones is 2. The Kier molecular flexibility index (Phi) is 6.41. The van der Waals surface area contributed by atoms with E-state index in [-0.39, 0.29) is 36.1 Å². The molecule has 10 heteroatoms. The fourth-order valence-electron chi connectivity index (χ4n) is 6.85. The van der Waals surface area contributed by atoms with Crippen molar-refractivity contribution in [1.82, 2.24) is 0 Å². The number of nitrogens with two attached hydrogens (primary N) is 1. The number of carbonyl (C=O) groups is 3. The van der Waals surface area contributed by atoms with Gasteiger partial charge in [0, 0.05) is 44.2 Å². The number of carbonyl (C=O) groups excluding carboxylic acids is 3. The van der Waals surface area contributed by atoms with Crippen molar-refractivity contribution in [3.8, 4) is 5.75 Å². The van der Waals surface area contributed by atoms with E-state index in [9.17, 15) is 34.8 Å². The van der Waals surface area contributed by atoms with Gasteiger partial charge in [-0.1, -0.05) is 19.3 Å². The molecule has 4 aliphatic carbocycles. The maximum Gasteiger partial charge on any atom is 0.255 e. The molecule has 0 saturated heterocycles. The number of primary amides is 1. The number of amides is 1. The molecule has 0 unspecified atom stereocenters. The Hall–Kier alpha value is -3.53. The van der Waals surface area contributed by atoms with Crippen molar-refractivity contribution in [2.24, 2.45) is 23.5 Å². The number of rotatable bonds is 5. The fraction of sp³-hybridized carbons (Fsp3) is 0.536. The highest BCUT2D eigenvalue weighted by atomic mass is 16.3. The lowest BCUT2D eigenvalue weighted by molar-refractivity contribution is -0.147. The number of aliphatic hydroxyl groups excluding tert-OH is 2. The molecular weight excluding hydrogens is 490 g/mol. The second-order valence-corrected chi connectivity index (χ2v) is 11.3. The highest BCUT2D eigenvalue weighted by Gasteiger charge is 2.60. The van der Waals surface area contributed by atoms with Crippen molar-refractivity contribution in [3.05, 3.63) is 34.1 Å². The zero-order valence-corrected chi connectivity index (χ0v) is 21.7. The van der Waals surface area contributed by atoms with Crippen molar-refractivity contribution < 1.29 is 34.8 Å². The predicted octanol–water partition coefficient (Wildman–Crippen LogP) is 2.48. The van der Waals surface area contributed by atoms with Gasteiger partial charge < -0.3 is 36.4 Å². The molecule has 5 rings (SSSR count). The zero-order valence-electron chi connectivity index (χ0n) is 21.7. The zero-order chi connectivity index (χ0) is 27.5. The van der Waals surface area contributed by atoms with Crippen LogP contribution in [-0.2, 0) is 20.8 Å². The molecule has 3 atom stereocenters. The Labute approximate surface area is 220 Å². The topological polar surface area (TPSA) is 173 Å². The molecule has 7 N–H and O–H groups in total. The van der Waals surface area contributed by atoms with Crippen LogP contribution in [0.4, 0.5) is 11.4 Å². The number of anilines is 2. The number of phenols is 1. The van der Waals surface area contributed by atoms with Gasteiger partial charge in [-0.25, -0.2) is 0 Å². The van der Waals surface area contributed by atoms with Crippen LogP contribution in [0, 0.1) is 17.8 Å². The number of nitrogens with zero attached hydrogens (tertiary/aromatic N) is 1. The second-order valence-electron chi connectivity index (χ2n) is 11.3. The average Bonchev–Trinajstić information content (AvgIpc) is 2.86. The van der Waals surface area contributed by atoms with Gasteiger partial charge in [0.05, 0.1) is 11.3 Å². The number of phenolic OH excluding ortho intramolecular Hbond substituents is 1. The number of aliphatic hydroxyl groups is 3. The summed E-state index contributed by atoms with van der Waals surface area (Å²) in [6.07, 6.45) is 5.85. The monoisotopic (exact) mass is 525 g/mol. The van der Waals surface area contributed by atoms with Crippen molar-refractivity contribution in [2.75, 3.05) is 30.9 Å². The fourth-order valence-corrected chi connectivity index (χ4v) is 6.85. The summed E-state index contributed by atoms with van der Waals surface area (Å²) in [4.78, 5) is 40.0. The molecule has 1 amide bonds. The van der Waals surface area contributed by atoms with E-state index in [1.165, 1.54) is 19.3 Å². The molecule has 10 nitrogen and oxygen atoms in total. The van der Waals surface area contributed by atoms with Gasteiger partial charge in [-0.15, -0.1) is 0 Å². The third kappa shape index (κ3) is 3.84. The Morgan fingerprint density at radius 3 is 2.45 bits per heavy atom. The van der Waals surface area contributed by atoms with E-state index in [2.05, 4.69) is 5.32 Å². The van der Waals surface area contributed by atoms with Crippen LogP contribution in [0.15, 0.2) is 23.0 Å². The van der Waals surface area contributed by atoms with E-state index < -0.39 is 52.0 Å². The maximum absolute atomic E-state index is 13.7. The van der Waals surface area contributed by atoms with Crippen LogP contribution in [0.5, 0.6) is 5.75 Å². The van der Waals surface area contributed by atoms with Crippen LogP contribution in [0.1, 0.15) is 56.1 Å². The molecule has 1 aromatic carbocycles. The first-order valence-electron chi connectivity index (χ1n) is 13.2. The van der Waals surface area contributed by atoms with Crippen LogP contribution >= 0.6 is 0 Å². The first-order valence-corrected chi connectivity index (χ1v) is 13.2. The van der Waals surface area contributed by atoms with Crippen LogP contribution in [-0.4, -0.2) is 64.1 Å². The van der Waals surface area contributed by atoms with Gasteiger partial charge in [0.15, 0.2) is 11.4 Å². The summed E-state index contributed by atoms with van der Waals surface area (Å²) >= 11 is 0. The number of fused-ring (bicyclic) bond motifs is 3. The van der Waals surface area contributed by atoms with Gasteiger partial charge in [0.1, 0.15) is 22.8 Å².